The van der Waals surface area contributed by atoms with E-state index in [1.54, 1.807) is 0 Å². The van der Waals surface area contributed by atoms with Crippen molar-refractivity contribution >= 4 is 11.0 Å². The van der Waals surface area contributed by atoms with Crippen molar-refractivity contribution in [1.29, 1.82) is 0 Å². The van der Waals surface area contributed by atoms with Crippen LogP contribution in [0.1, 0.15) is 30.8 Å². The number of aromatic nitrogens is 2. The molecule has 1 heterocycles. The second kappa shape index (κ2) is 4.85. The van der Waals surface area contributed by atoms with E-state index < -0.39 is 6.04 Å². The molecule has 1 atom stereocenters. The minimum Gasteiger partial charge on any atom is -0.394 e. The molecule has 92 valence electrons. The van der Waals surface area contributed by atoms with E-state index in [2.05, 4.69) is 34.7 Å². The molecule has 3 N–H and O–H groups in total. The monoisotopic (exact) mass is 233 g/mol. The van der Waals surface area contributed by atoms with Crippen LogP contribution in [-0.2, 0) is 6.54 Å². The van der Waals surface area contributed by atoms with Gasteiger partial charge in [0.15, 0.2) is 0 Å². The van der Waals surface area contributed by atoms with Crippen LogP contribution in [0.3, 0.4) is 0 Å². The van der Waals surface area contributed by atoms with Gasteiger partial charge in [-0.25, -0.2) is 4.98 Å². The summed E-state index contributed by atoms with van der Waals surface area (Å²) in [7, 11) is 0. The summed E-state index contributed by atoms with van der Waals surface area (Å²) < 4.78 is 2.11. The molecule has 0 saturated heterocycles. The first-order valence-corrected chi connectivity index (χ1v) is 6.00. The van der Waals surface area contributed by atoms with Crippen molar-refractivity contribution in [2.45, 2.75) is 32.9 Å². The highest BCUT2D eigenvalue weighted by atomic mass is 16.3. The van der Waals surface area contributed by atoms with E-state index in [9.17, 15) is 5.11 Å². The highest BCUT2D eigenvalue weighted by molar-refractivity contribution is 5.77. The first-order valence-electron chi connectivity index (χ1n) is 6.00. The molecule has 0 fully saturated rings. The van der Waals surface area contributed by atoms with Crippen molar-refractivity contribution in [2.75, 3.05) is 6.61 Å². The minimum absolute atomic E-state index is 0.0774. The maximum absolute atomic E-state index is 9.18. The Kier molecular flexibility index (Phi) is 3.45. The molecule has 0 spiro atoms. The number of nitrogens with two attached hydrogens (primary N) is 1. The molecule has 0 aliphatic heterocycles. The van der Waals surface area contributed by atoms with Crippen LogP contribution in [-0.4, -0.2) is 21.3 Å². The molecule has 2 aromatic rings. The first kappa shape index (κ1) is 12.1. The molecule has 0 saturated carbocycles. The highest BCUT2D eigenvalue weighted by Gasteiger charge is 2.15. The van der Waals surface area contributed by atoms with Crippen LogP contribution in [0.4, 0.5) is 0 Å². The van der Waals surface area contributed by atoms with Crippen molar-refractivity contribution < 1.29 is 5.11 Å². The number of fused-ring (bicyclic) bond motifs is 1. The van der Waals surface area contributed by atoms with E-state index in [1.807, 2.05) is 6.92 Å². The quantitative estimate of drug-likeness (QED) is 0.845. The Balaban J connectivity index is 2.61. The van der Waals surface area contributed by atoms with Crippen LogP contribution in [0.25, 0.3) is 11.0 Å². The van der Waals surface area contributed by atoms with Crippen molar-refractivity contribution in [3.05, 3.63) is 29.6 Å². The standard InChI is InChI=1S/C13H19N3O/c1-3-6-16-12-5-4-9(2)7-11(12)15-13(16)10(14)8-17/h4-5,7,10,17H,3,6,8,14H2,1-2H3. The van der Waals surface area contributed by atoms with Crippen LogP contribution in [0.15, 0.2) is 18.2 Å². The summed E-state index contributed by atoms with van der Waals surface area (Å²) in [4.78, 5) is 4.54. The zero-order valence-electron chi connectivity index (χ0n) is 10.3. The Morgan fingerprint density at radius 1 is 1.47 bits per heavy atom. The van der Waals surface area contributed by atoms with Gasteiger partial charge in [0.1, 0.15) is 5.82 Å². The van der Waals surface area contributed by atoms with Gasteiger partial charge in [-0.05, 0) is 31.0 Å². The van der Waals surface area contributed by atoms with E-state index in [0.29, 0.717) is 0 Å². The fourth-order valence-corrected chi connectivity index (χ4v) is 2.08. The number of benzene rings is 1. The molecule has 0 aliphatic rings. The molecule has 0 aliphatic carbocycles. The van der Waals surface area contributed by atoms with Gasteiger partial charge in [0.2, 0.25) is 0 Å². The van der Waals surface area contributed by atoms with Gasteiger partial charge in [-0.15, -0.1) is 0 Å². The maximum atomic E-state index is 9.18. The fraction of sp³-hybridized carbons (Fsp3) is 0.462. The molecule has 4 heteroatoms. The van der Waals surface area contributed by atoms with Crippen LogP contribution in [0.5, 0.6) is 0 Å². The van der Waals surface area contributed by atoms with Gasteiger partial charge in [-0.1, -0.05) is 13.0 Å². The lowest BCUT2D eigenvalue weighted by atomic mass is 10.2. The smallest absolute Gasteiger partial charge is 0.129 e. The van der Waals surface area contributed by atoms with Crippen molar-refractivity contribution in [3.63, 3.8) is 0 Å². The number of hydrogen-bond acceptors (Lipinski definition) is 3. The lowest BCUT2D eigenvalue weighted by molar-refractivity contribution is 0.261. The Hall–Kier alpha value is -1.39. The van der Waals surface area contributed by atoms with Gasteiger partial charge >= 0.3 is 0 Å². The second-order valence-electron chi connectivity index (χ2n) is 4.40. The zero-order valence-corrected chi connectivity index (χ0v) is 10.3. The third kappa shape index (κ3) is 2.18. The van der Waals surface area contributed by atoms with Crippen LogP contribution >= 0.6 is 0 Å². The van der Waals surface area contributed by atoms with Crippen molar-refractivity contribution in [3.8, 4) is 0 Å². The van der Waals surface area contributed by atoms with Gasteiger partial charge in [0.05, 0.1) is 23.7 Å². The molecule has 1 aromatic carbocycles. The number of aryl methyl sites for hydroxylation is 2. The molecule has 17 heavy (non-hydrogen) atoms. The molecule has 4 nitrogen and oxygen atoms in total. The fourth-order valence-electron chi connectivity index (χ4n) is 2.08. The van der Waals surface area contributed by atoms with E-state index in [1.165, 1.54) is 5.56 Å². The maximum Gasteiger partial charge on any atom is 0.129 e. The van der Waals surface area contributed by atoms with Crippen molar-refractivity contribution in [2.24, 2.45) is 5.73 Å². The molecular weight excluding hydrogens is 214 g/mol. The van der Waals surface area contributed by atoms with Gasteiger partial charge < -0.3 is 15.4 Å². The van der Waals surface area contributed by atoms with Gasteiger partial charge in [-0.2, -0.15) is 0 Å². The lowest BCUT2D eigenvalue weighted by Crippen LogP contribution is -2.20. The Morgan fingerprint density at radius 2 is 2.24 bits per heavy atom. The summed E-state index contributed by atoms with van der Waals surface area (Å²) in [5.74, 6) is 0.773. The normalized spacial score (nSPS) is 13.2. The molecule has 1 unspecified atom stereocenters. The predicted octanol–water partition coefficient (Wildman–Crippen LogP) is 1.75. The third-order valence-corrected chi connectivity index (χ3v) is 2.91. The number of rotatable bonds is 4. The summed E-state index contributed by atoms with van der Waals surface area (Å²) in [5.41, 5.74) is 9.13. The van der Waals surface area contributed by atoms with E-state index in [-0.39, 0.29) is 6.61 Å². The largest absolute Gasteiger partial charge is 0.394 e. The Morgan fingerprint density at radius 3 is 2.88 bits per heavy atom. The highest BCUT2D eigenvalue weighted by Crippen LogP contribution is 2.21. The van der Waals surface area contributed by atoms with Crippen LogP contribution in [0, 0.1) is 6.92 Å². The third-order valence-electron chi connectivity index (χ3n) is 2.91. The predicted molar refractivity (Wildman–Crippen MR) is 68.8 cm³/mol. The van der Waals surface area contributed by atoms with Crippen LogP contribution in [0.2, 0.25) is 0 Å². The first-order chi connectivity index (χ1) is 8.17. The second-order valence-corrected chi connectivity index (χ2v) is 4.40. The lowest BCUT2D eigenvalue weighted by Gasteiger charge is -2.11. The zero-order chi connectivity index (χ0) is 12.4. The molecule has 0 amide bonds. The summed E-state index contributed by atoms with van der Waals surface area (Å²) in [5, 5.41) is 9.18. The minimum atomic E-state index is -0.408. The number of aliphatic hydroxyl groups excluding tert-OH is 1. The average Bonchev–Trinajstić information content (AvgIpc) is 2.67. The average molecular weight is 233 g/mol. The number of imidazole rings is 1. The molecular formula is C13H19N3O. The molecule has 1 aromatic heterocycles. The van der Waals surface area contributed by atoms with Gasteiger partial charge in [-0.3, -0.25) is 0 Å². The van der Waals surface area contributed by atoms with Gasteiger partial charge in [0.25, 0.3) is 0 Å². The van der Waals surface area contributed by atoms with Crippen molar-refractivity contribution in [1.82, 2.24) is 9.55 Å². The number of nitrogens with zero attached hydrogens (tertiary/aromatic N) is 2. The summed E-state index contributed by atoms with van der Waals surface area (Å²) in [6.45, 7) is 4.97. The van der Waals surface area contributed by atoms with E-state index in [4.69, 9.17) is 5.73 Å². The van der Waals surface area contributed by atoms with Crippen LogP contribution < -0.4 is 5.73 Å². The topological polar surface area (TPSA) is 64.1 Å². The summed E-state index contributed by atoms with van der Waals surface area (Å²) >= 11 is 0. The Labute approximate surface area is 101 Å². The molecule has 0 radical (unpaired) electrons. The van der Waals surface area contributed by atoms with Gasteiger partial charge in [0, 0.05) is 6.54 Å². The van der Waals surface area contributed by atoms with E-state index >= 15 is 0 Å². The SMILES string of the molecule is CCCn1c(C(N)CO)nc2cc(C)ccc21. The van der Waals surface area contributed by atoms with E-state index in [0.717, 1.165) is 29.8 Å². The Bertz CT molecular complexity index is 519. The summed E-state index contributed by atoms with van der Waals surface area (Å²) in [6.07, 6.45) is 1.02. The molecule has 0 bridgehead atoms. The summed E-state index contributed by atoms with van der Waals surface area (Å²) in [6, 6.07) is 5.79. The molecule has 2 rings (SSSR count). The number of hydrogen-bond donors (Lipinski definition) is 2. The number of aliphatic hydroxyl groups is 1.